The van der Waals surface area contributed by atoms with Gasteiger partial charge in [-0.15, -0.1) is 0 Å². The van der Waals surface area contributed by atoms with Crippen LogP contribution < -0.4 is 0 Å². The topological polar surface area (TPSA) is 33.2 Å². The number of hydrogen-bond donors (Lipinski definition) is 0. The fraction of sp³-hybridized carbons (Fsp3) is 0.158. The Morgan fingerprint density at radius 1 is 1.09 bits per heavy atom. The molecule has 0 saturated heterocycles. The number of hydrogen-bond acceptors (Lipinski definition) is 2. The summed E-state index contributed by atoms with van der Waals surface area (Å²) in [7, 11) is 1.75. The van der Waals surface area contributed by atoms with Gasteiger partial charge in [0.15, 0.2) is 0 Å². The van der Waals surface area contributed by atoms with Crippen LogP contribution in [-0.2, 0) is 0 Å². The first-order valence-electron chi connectivity index (χ1n) is 7.44. The lowest BCUT2D eigenvalue weighted by atomic mass is 10.0. The zero-order valence-electron chi connectivity index (χ0n) is 13.0. The molecule has 4 heteroatoms. The quantitative estimate of drug-likeness (QED) is 0.726. The Bertz CT molecular complexity index is 840. The first kappa shape index (κ1) is 15.2. The van der Waals surface area contributed by atoms with E-state index in [-0.39, 0.29) is 17.8 Å². The number of amides is 1. The van der Waals surface area contributed by atoms with Crippen molar-refractivity contribution in [1.82, 2.24) is 9.88 Å². The van der Waals surface area contributed by atoms with Crippen molar-refractivity contribution in [3.63, 3.8) is 0 Å². The van der Waals surface area contributed by atoms with E-state index < -0.39 is 0 Å². The van der Waals surface area contributed by atoms with Crippen molar-refractivity contribution in [2.75, 3.05) is 7.05 Å². The molecule has 1 atom stereocenters. The average Bonchev–Trinajstić information content (AvgIpc) is 2.60. The predicted molar refractivity (Wildman–Crippen MR) is 88.7 cm³/mol. The van der Waals surface area contributed by atoms with E-state index in [9.17, 15) is 9.18 Å². The van der Waals surface area contributed by atoms with Crippen LogP contribution in [0.1, 0.15) is 28.9 Å². The van der Waals surface area contributed by atoms with Gasteiger partial charge in [0.2, 0.25) is 0 Å². The molecule has 0 radical (unpaired) electrons. The number of halogens is 1. The number of nitrogens with zero attached hydrogens (tertiary/aromatic N) is 2. The van der Waals surface area contributed by atoms with Crippen LogP contribution in [0.4, 0.5) is 4.39 Å². The molecule has 3 aromatic rings. The molecule has 0 spiro atoms. The summed E-state index contributed by atoms with van der Waals surface area (Å²) >= 11 is 0. The molecule has 3 nitrogen and oxygen atoms in total. The van der Waals surface area contributed by atoms with Crippen molar-refractivity contribution < 1.29 is 9.18 Å². The second kappa shape index (κ2) is 6.16. The van der Waals surface area contributed by atoms with Gasteiger partial charge in [0.1, 0.15) is 5.82 Å². The van der Waals surface area contributed by atoms with Gasteiger partial charge >= 0.3 is 0 Å². The summed E-state index contributed by atoms with van der Waals surface area (Å²) in [5.41, 5.74) is 2.15. The number of carbonyl (C=O) groups is 1. The smallest absolute Gasteiger partial charge is 0.256 e. The van der Waals surface area contributed by atoms with Crippen molar-refractivity contribution in [1.29, 1.82) is 0 Å². The zero-order chi connectivity index (χ0) is 16.4. The van der Waals surface area contributed by atoms with E-state index in [1.807, 2.05) is 31.2 Å². The zero-order valence-corrected chi connectivity index (χ0v) is 13.0. The van der Waals surface area contributed by atoms with Gasteiger partial charge in [0.25, 0.3) is 5.91 Å². The maximum absolute atomic E-state index is 13.1. The van der Waals surface area contributed by atoms with Crippen LogP contribution in [0.25, 0.3) is 10.9 Å². The molecule has 116 valence electrons. The second-order valence-corrected chi connectivity index (χ2v) is 5.52. The van der Waals surface area contributed by atoms with Crippen molar-refractivity contribution in [3.05, 3.63) is 77.7 Å². The summed E-state index contributed by atoms with van der Waals surface area (Å²) in [5.74, 6) is -0.390. The number of carbonyl (C=O) groups excluding carboxylic acids is 1. The normalized spacial score (nSPS) is 12.1. The predicted octanol–water partition coefficient (Wildman–Crippen LogP) is 4.21. The molecule has 0 bridgehead atoms. The standard InChI is InChI=1S/C19H17FN2O/c1-13(14-8-10-16(20)11-9-14)22(2)19(23)17-7-3-5-15-6-4-12-21-18(15)17/h3-13H,1-2H3. The highest BCUT2D eigenvalue weighted by Gasteiger charge is 2.21. The lowest BCUT2D eigenvalue weighted by molar-refractivity contribution is 0.0744. The van der Waals surface area contributed by atoms with Crippen LogP contribution in [0, 0.1) is 5.82 Å². The maximum atomic E-state index is 13.1. The molecule has 0 saturated carbocycles. The van der Waals surface area contributed by atoms with E-state index in [0.29, 0.717) is 11.1 Å². The van der Waals surface area contributed by atoms with Crippen LogP contribution in [0.5, 0.6) is 0 Å². The SMILES string of the molecule is CC(c1ccc(F)cc1)N(C)C(=O)c1cccc2cccnc12. The lowest BCUT2D eigenvalue weighted by Gasteiger charge is -2.25. The third kappa shape index (κ3) is 2.93. The molecule has 2 aromatic carbocycles. The molecule has 0 N–H and O–H groups in total. The van der Waals surface area contributed by atoms with Gasteiger partial charge in [-0.2, -0.15) is 0 Å². The highest BCUT2D eigenvalue weighted by molar-refractivity contribution is 6.05. The van der Waals surface area contributed by atoms with Gasteiger partial charge in [0.05, 0.1) is 17.1 Å². The van der Waals surface area contributed by atoms with Crippen LogP contribution >= 0.6 is 0 Å². The third-order valence-corrected chi connectivity index (χ3v) is 4.12. The molecular formula is C19H17FN2O. The number of benzene rings is 2. The van der Waals surface area contributed by atoms with E-state index in [1.54, 1.807) is 36.3 Å². The van der Waals surface area contributed by atoms with E-state index >= 15 is 0 Å². The van der Waals surface area contributed by atoms with Crippen molar-refractivity contribution in [2.45, 2.75) is 13.0 Å². The Labute approximate surface area is 134 Å². The summed E-state index contributed by atoms with van der Waals surface area (Å²) in [6.45, 7) is 1.92. The third-order valence-electron chi connectivity index (χ3n) is 4.12. The lowest BCUT2D eigenvalue weighted by Crippen LogP contribution is -2.29. The summed E-state index contributed by atoms with van der Waals surface area (Å²) in [4.78, 5) is 18.8. The Morgan fingerprint density at radius 3 is 2.52 bits per heavy atom. The van der Waals surface area contributed by atoms with Gasteiger partial charge in [0, 0.05) is 18.6 Å². The summed E-state index contributed by atoms with van der Waals surface area (Å²) < 4.78 is 13.1. The summed E-state index contributed by atoms with van der Waals surface area (Å²) in [6, 6.07) is 15.4. The fourth-order valence-electron chi connectivity index (χ4n) is 2.61. The second-order valence-electron chi connectivity index (χ2n) is 5.52. The minimum atomic E-state index is -0.284. The van der Waals surface area contributed by atoms with Gasteiger partial charge < -0.3 is 4.90 Å². The highest BCUT2D eigenvalue weighted by atomic mass is 19.1. The summed E-state index contributed by atoms with van der Waals surface area (Å²) in [5, 5.41) is 0.932. The number of pyridine rings is 1. The largest absolute Gasteiger partial charge is 0.335 e. The molecule has 1 heterocycles. The molecule has 0 aliphatic heterocycles. The fourth-order valence-corrected chi connectivity index (χ4v) is 2.61. The molecule has 3 rings (SSSR count). The van der Waals surface area contributed by atoms with Crippen molar-refractivity contribution in [2.24, 2.45) is 0 Å². The van der Waals surface area contributed by atoms with Gasteiger partial charge in [-0.1, -0.05) is 30.3 Å². The molecule has 0 aliphatic carbocycles. The minimum Gasteiger partial charge on any atom is -0.335 e. The van der Waals surface area contributed by atoms with E-state index in [0.717, 1.165) is 10.9 Å². The molecule has 1 amide bonds. The Hall–Kier alpha value is -2.75. The molecule has 1 aromatic heterocycles. The minimum absolute atomic E-state index is 0.105. The first-order valence-corrected chi connectivity index (χ1v) is 7.44. The van der Waals surface area contributed by atoms with Gasteiger partial charge in [-0.05, 0) is 36.8 Å². The van der Waals surface area contributed by atoms with Crippen LogP contribution in [0.3, 0.4) is 0 Å². The average molecular weight is 308 g/mol. The molecule has 1 unspecified atom stereocenters. The van der Waals surface area contributed by atoms with E-state index in [4.69, 9.17) is 0 Å². The Balaban J connectivity index is 1.93. The number of rotatable bonds is 3. The van der Waals surface area contributed by atoms with Crippen LogP contribution in [-0.4, -0.2) is 22.8 Å². The maximum Gasteiger partial charge on any atom is 0.256 e. The first-order chi connectivity index (χ1) is 11.1. The highest BCUT2D eigenvalue weighted by Crippen LogP contribution is 2.23. The van der Waals surface area contributed by atoms with E-state index in [2.05, 4.69) is 4.98 Å². The molecule has 0 fully saturated rings. The monoisotopic (exact) mass is 308 g/mol. The van der Waals surface area contributed by atoms with Crippen LogP contribution in [0.15, 0.2) is 60.8 Å². The number of aromatic nitrogens is 1. The summed E-state index contributed by atoms with van der Waals surface area (Å²) in [6.07, 6.45) is 1.68. The number of para-hydroxylation sites is 1. The molecule has 0 aliphatic rings. The molecule has 23 heavy (non-hydrogen) atoms. The molecular weight excluding hydrogens is 291 g/mol. The van der Waals surface area contributed by atoms with E-state index in [1.165, 1.54) is 12.1 Å². The Kier molecular flexibility index (Phi) is 4.06. The number of fused-ring (bicyclic) bond motifs is 1. The van der Waals surface area contributed by atoms with Crippen LogP contribution in [0.2, 0.25) is 0 Å². The van der Waals surface area contributed by atoms with Gasteiger partial charge in [-0.25, -0.2) is 4.39 Å². The van der Waals surface area contributed by atoms with Crippen molar-refractivity contribution >= 4 is 16.8 Å². The van der Waals surface area contributed by atoms with Crippen molar-refractivity contribution in [3.8, 4) is 0 Å². The Morgan fingerprint density at radius 2 is 1.78 bits per heavy atom. The van der Waals surface area contributed by atoms with Gasteiger partial charge in [-0.3, -0.25) is 9.78 Å².